The summed E-state index contributed by atoms with van der Waals surface area (Å²) in [6, 6.07) is 0. The molecule has 82 valence electrons. The normalized spacial score (nSPS) is 17.6. The van der Waals surface area contributed by atoms with Crippen LogP contribution in [0.15, 0.2) is 6.20 Å². The highest BCUT2D eigenvalue weighted by atomic mass is 16.5. The van der Waals surface area contributed by atoms with Gasteiger partial charge in [-0.05, 0) is 0 Å². The third kappa shape index (κ3) is 2.27. The van der Waals surface area contributed by atoms with Gasteiger partial charge in [0.2, 0.25) is 5.88 Å². The summed E-state index contributed by atoms with van der Waals surface area (Å²) in [4.78, 5) is 10.8. The second kappa shape index (κ2) is 4.31. The predicted octanol–water partition coefficient (Wildman–Crippen LogP) is 0.666. The summed E-state index contributed by atoms with van der Waals surface area (Å²) in [5, 5.41) is 15.0. The highest BCUT2D eigenvalue weighted by Crippen LogP contribution is 2.19. The summed E-state index contributed by atoms with van der Waals surface area (Å²) >= 11 is 0. The Morgan fingerprint density at radius 2 is 2.33 bits per heavy atom. The number of aromatic carboxylic acids is 1. The van der Waals surface area contributed by atoms with Gasteiger partial charge in [-0.1, -0.05) is 0 Å². The number of nitrogens with zero attached hydrogens (tertiary/aromatic N) is 1. The minimum atomic E-state index is -1.04. The van der Waals surface area contributed by atoms with Crippen molar-refractivity contribution in [3.05, 3.63) is 11.8 Å². The highest BCUT2D eigenvalue weighted by Gasteiger charge is 2.20. The summed E-state index contributed by atoms with van der Waals surface area (Å²) in [7, 11) is 0. The summed E-state index contributed by atoms with van der Waals surface area (Å²) in [6.45, 7) is 1.31. The fourth-order valence-electron chi connectivity index (χ4n) is 1.48. The number of hydrogen-bond donors (Lipinski definition) is 2. The van der Waals surface area contributed by atoms with Crippen molar-refractivity contribution in [1.29, 1.82) is 0 Å². The molecule has 1 aliphatic rings. The lowest BCUT2D eigenvalue weighted by Crippen LogP contribution is -2.26. The second-order valence-electron chi connectivity index (χ2n) is 3.35. The first kappa shape index (κ1) is 9.97. The molecule has 2 rings (SSSR count). The van der Waals surface area contributed by atoms with Crippen LogP contribution < -0.4 is 4.74 Å². The van der Waals surface area contributed by atoms with Gasteiger partial charge in [-0.3, -0.25) is 0 Å². The van der Waals surface area contributed by atoms with Crippen LogP contribution >= 0.6 is 0 Å². The van der Waals surface area contributed by atoms with Crippen LogP contribution in [0, 0.1) is 0 Å². The molecule has 6 nitrogen and oxygen atoms in total. The fourth-order valence-corrected chi connectivity index (χ4v) is 1.48. The Morgan fingerprint density at radius 1 is 1.60 bits per heavy atom. The van der Waals surface area contributed by atoms with E-state index < -0.39 is 5.97 Å². The van der Waals surface area contributed by atoms with Gasteiger partial charge >= 0.3 is 5.97 Å². The third-order valence-corrected chi connectivity index (χ3v) is 2.29. The molecule has 2 heterocycles. The molecule has 1 saturated heterocycles. The summed E-state index contributed by atoms with van der Waals surface area (Å²) < 4.78 is 10.7. The van der Waals surface area contributed by atoms with E-state index >= 15 is 0 Å². The highest BCUT2D eigenvalue weighted by molar-refractivity contribution is 5.89. The quantitative estimate of drug-likeness (QED) is 0.769. The molecule has 0 aliphatic carbocycles. The number of H-pyrrole nitrogens is 1. The molecule has 0 unspecified atom stereocenters. The zero-order valence-corrected chi connectivity index (χ0v) is 8.10. The molecule has 0 amide bonds. The zero-order valence-electron chi connectivity index (χ0n) is 8.10. The predicted molar refractivity (Wildman–Crippen MR) is 50.0 cm³/mol. The maximum absolute atomic E-state index is 10.8. The van der Waals surface area contributed by atoms with E-state index in [0.29, 0.717) is 13.2 Å². The van der Waals surface area contributed by atoms with E-state index in [2.05, 4.69) is 10.2 Å². The number of aromatic nitrogens is 2. The van der Waals surface area contributed by atoms with Gasteiger partial charge in [0, 0.05) is 12.8 Å². The molecule has 1 aromatic rings. The van der Waals surface area contributed by atoms with Gasteiger partial charge in [-0.15, -0.1) is 0 Å². The molecule has 0 saturated carbocycles. The van der Waals surface area contributed by atoms with Gasteiger partial charge in [-0.25, -0.2) is 9.89 Å². The summed E-state index contributed by atoms with van der Waals surface area (Å²) in [5.74, 6) is -0.805. The van der Waals surface area contributed by atoms with Crippen molar-refractivity contribution < 1.29 is 19.4 Å². The van der Waals surface area contributed by atoms with Crippen molar-refractivity contribution in [2.45, 2.75) is 18.9 Å². The maximum Gasteiger partial charge on any atom is 0.342 e. The van der Waals surface area contributed by atoms with E-state index in [9.17, 15) is 4.79 Å². The third-order valence-electron chi connectivity index (χ3n) is 2.29. The lowest BCUT2D eigenvalue weighted by molar-refractivity contribution is 0.0230. The molecule has 1 aromatic heterocycles. The van der Waals surface area contributed by atoms with E-state index in [1.54, 1.807) is 0 Å². The van der Waals surface area contributed by atoms with Gasteiger partial charge in [0.25, 0.3) is 0 Å². The lowest BCUT2D eigenvalue weighted by Gasteiger charge is -2.22. The Bertz CT molecular complexity index is 344. The first-order valence-corrected chi connectivity index (χ1v) is 4.78. The number of ether oxygens (including phenoxy) is 2. The number of nitrogens with one attached hydrogen (secondary N) is 1. The van der Waals surface area contributed by atoms with Crippen LogP contribution in [0.25, 0.3) is 0 Å². The Labute approximate surface area is 86.2 Å². The number of hydrogen-bond acceptors (Lipinski definition) is 4. The molecule has 0 spiro atoms. The Balaban J connectivity index is 2.03. The largest absolute Gasteiger partial charge is 0.477 e. The number of carboxylic acid groups (broad SMARTS) is 1. The lowest BCUT2D eigenvalue weighted by atomic mass is 10.1. The Hall–Kier alpha value is -1.56. The fraction of sp³-hybridized carbons (Fsp3) is 0.556. The average molecular weight is 212 g/mol. The smallest absolute Gasteiger partial charge is 0.342 e. The van der Waals surface area contributed by atoms with Crippen LogP contribution in [0.5, 0.6) is 5.88 Å². The van der Waals surface area contributed by atoms with Crippen LogP contribution in [-0.4, -0.2) is 40.6 Å². The average Bonchev–Trinajstić information content (AvgIpc) is 2.67. The first-order chi connectivity index (χ1) is 7.27. The molecule has 2 N–H and O–H groups in total. The monoisotopic (exact) mass is 212 g/mol. The summed E-state index contributed by atoms with van der Waals surface area (Å²) in [5.41, 5.74) is 0.0708. The van der Waals surface area contributed by atoms with Crippen LogP contribution in [-0.2, 0) is 4.74 Å². The topological polar surface area (TPSA) is 84.4 Å². The summed E-state index contributed by atoms with van der Waals surface area (Å²) in [6.07, 6.45) is 2.81. The number of carboxylic acids is 1. The van der Waals surface area contributed by atoms with Crippen molar-refractivity contribution in [2.24, 2.45) is 0 Å². The van der Waals surface area contributed by atoms with Gasteiger partial charge in [-0.2, -0.15) is 5.10 Å². The number of aromatic amines is 1. The van der Waals surface area contributed by atoms with Crippen molar-refractivity contribution >= 4 is 5.97 Å². The van der Waals surface area contributed by atoms with E-state index in [4.69, 9.17) is 14.6 Å². The SMILES string of the molecule is O=C(O)c1cn[nH]c1OC1CCOCC1. The van der Waals surface area contributed by atoms with E-state index in [1.807, 2.05) is 0 Å². The van der Waals surface area contributed by atoms with Crippen molar-refractivity contribution in [1.82, 2.24) is 10.2 Å². The van der Waals surface area contributed by atoms with Crippen molar-refractivity contribution in [3.63, 3.8) is 0 Å². The molecular weight excluding hydrogens is 200 g/mol. The first-order valence-electron chi connectivity index (χ1n) is 4.78. The zero-order chi connectivity index (χ0) is 10.7. The second-order valence-corrected chi connectivity index (χ2v) is 3.35. The maximum atomic E-state index is 10.8. The van der Waals surface area contributed by atoms with Crippen LogP contribution in [0.1, 0.15) is 23.2 Å². The van der Waals surface area contributed by atoms with Gasteiger partial charge < -0.3 is 14.6 Å². The van der Waals surface area contributed by atoms with E-state index in [0.717, 1.165) is 12.8 Å². The minimum absolute atomic E-state index is 0.0114. The van der Waals surface area contributed by atoms with Crippen LogP contribution in [0.3, 0.4) is 0 Å². The number of rotatable bonds is 3. The molecule has 6 heteroatoms. The number of carbonyl (C=O) groups is 1. The van der Waals surface area contributed by atoms with Crippen LogP contribution in [0.2, 0.25) is 0 Å². The molecule has 1 aliphatic heterocycles. The van der Waals surface area contributed by atoms with E-state index in [1.165, 1.54) is 6.20 Å². The van der Waals surface area contributed by atoms with E-state index in [-0.39, 0.29) is 17.5 Å². The van der Waals surface area contributed by atoms with Crippen molar-refractivity contribution in [3.8, 4) is 5.88 Å². The minimum Gasteiger partial charge on any atom is -0.477 e. The Kier molecular flexibility index (Phi) is 2.86. The standard InChI is InChI=1S/C9H12N2O4/c12-9(13)7-5-10-11-8(7)15-6-1-3-14-4-2-6/h5-6H,1-4H2,(H,10,11)(H,12,13). The molecule has 15 heavy (non-hydrogen) atoms. The van der Waals surface area contributed by atoms with Gasteiger partial charge in [0.1, 0.15) is 11.7 Å². The Morgan fingerprint density at radius 3 is 3.00 bits per heavy atom. The molecule has 0 atom stereocenters. The molecule has 0 radical (unpaired) electrons. The molecular formula is C9H12N2O4. The van der Waals surface area contributed by atoms with Gasteiger partial charge in [0.05, 0.1) is 19.4 Å². The molecule has 0 aromatic carbocycles. The molecule has 0 bridgehead atoms. The van der Waals surface area contributed by atoms with Crippen molar-refractivity contribution in [2.75, 3.05) is 13.2 Å². The molecule has 1 fully saturated rings. The van der Waals surface area contributed by atoms with Crippen LogP contribution in [0.4, 0.5) is 0 Å². The van der Waals surface area contributed by atoms with Gasteiger partial charge in [0.15, 0.2) is 0 Å².